The molecule has 180 valence electrons. The van der Waals surface area contributed by atoms with Gasteiger partial charge in [-0.2, -0.15) is 0 Å². The Morgan fingerprint density at radius 2 is 2.09 bits per heavy atom. The molecule has 2 amide bonds. The number of thioether (sulfide) groups is 2. The van der Waals surface area contributed by atoms with E-state index in [1.165, 1.54) is 38.7 Å². The van der Waals surface area contributed by atoms with Crippen molar-refractivity contribution in [1.82, 2.24) is 30.4 Å². The minimum absolute atomic E-state index is 0.0148. The molecule has 2 aliphatic rings. The van der Waals surface area contributed by atoms with Crippen molar-refractivity contribution in [2.24, 2.45) is 0 Å². The molecular weight excluding hydrogens is 508 g/mol. The number of β-lactam (4-membered cyclic amide) rings is 1. The fourth-order valence-electron chi connectivity index (χ4n) is 3.42. The summed E-state index contributed by atoms with van der Waals surface area (Å²) in [6, 6.07) is 0.626. The van der Waals surface area contributed by atoms with E-state index < -0.39 is 35.2 Å². The predicted molar refractivity (Wildman–Crippen MR) is 120 cm³/mol. The minimum atomic E-state index is -1.26. The molecule has 34 heavy (non-hydrogen) atoms. The molecule has 1 saturated heterocycles. The van der Waals surface area contributed by atoms with Crippen molar-refractivity contribution in [3.8, 4) is 5.75 Å². The molecule has 1 fully saturated rings. The first-order valence-corrected chi connectivity index (χ1v) is 12.7. The second kappa shape index (κ2) is 10.0. The zero-order valence-electron chi connectivity index (χ0n) is 17.3. The Morgan fingerprint density at radius 1 is 1.29 bits per heavy atom. The molecule has 0 bridgehead atoms. The van der Waals surface area contributed by atoms with E-state index in [9.17, 15) is 29.4 Å². The summed E-state index contributed by atoms with van der Waals surface area (Å²) >= 11 is 3.71. The predicted octanol–water partition coefficient (Wildman–Crippen LogP) is -0.0117. The summed E-state index contributed by atoms with van der Waals surface area (Å²) in [7, 11) is 0. The van der Waals surface area contributed by atoms with Gasteiger partial charge in [0, 0.05) is 11.5 Å². The summed E-state index contributed by atoms with van der Waals surface area (Å²) in [6.45, 7) is 0.0710. The lowest BCUT2D eigenvalue weighted by molar-refractivity contribution is -0.150. The molecule has 0 aliphatic carbocycles. The van der Waals surface area contributed by atoms with Gasteiger partial charge in [0.2, 0.25) is 11.1 Å². The molecule has 0 radical (unpaired) electrons. The summed E-state index contributed by atoms with van der Waals surface area (Å²) < 4.78 is 1.32. The SMILES string of the molecule is O=C(O)CCn1nnnc1SCC1=C(C(=O)O)N2C(=O)C(NC(=O)Cc3sccc3O)[C@H]2SC1. The number of carboxylic acids is 2. The molecule has 2 aliphatic heterocycles. The lowest BCUT2D eigenvalue weighted by Crippen LogP contribution is -2.70. The molecule has 16 heteroatoms. The summed E-state index contributed by atoms with van der Waals surface area (Å²) in [5.41, 5.74) is 0.361. The van der Waals surface area contributed by atoms with Crippen molar-refractivity contribution < 1.29 is 34.5 Å². The second-order valence-electron chi connectivity index (χ2n) is 7.24. The normalized spacial score (nSPS) is 19.5. The Labute approximate surface area is 204 Å². The van der Waals surface area contributed by atoms with E-state index in [1.54, 1.807) is 5.38 Å². The highest BCUT2D eigenvalue weighted by atomic mass is 32.2. The van der Waals surface area contributed by atoms with E-state index in [1.807, 2.05) is 0 Å². The third-order valence-corrected chi connectivity index (χ3v) is 8.31. The topological polar surface area (TPSA) is 188 Å². The van der Waals surface area contributed by atoms with Crippen molar-refractivity contribution in [3.05, 3.63) is 27.6 Å². The van der Waals surface area contributed by atoms with E-state index in [0.29, 0.717) is 21.4 Å². The molecular formula is C18H18N6O7S3. The van der Waals surface area contributed by atoms with Crippen molar-refractivity contribution >= 4 is 58.6 Å². The van der Waals surface area contributed by atoms with Gasteiger partial charge in [0.15, 0.2) is 0 Å². The molecule has 0 aromatic carbocycles. The van der Waals surface area contributed by atoms with Gasteiger partial charge in [-0.05, 0) is 27.4 Å². The molecule has 2 aromatic heterocycles. The van der Waals surface area contributed by atoms with Gasteiger partial charge < -0.3 is 20.6 Å². The number of fused-ring (bicyclic) bond motifs is 1. The zero-order chi connectivity index (χ0) is 24.4. The molecule has 0 spiro atoms. The average molecular weight is 527 g/mol. The van der Waals surface area contributed by atoms with Crippen LogP contribution in [-0.2, 0) is 32.1 Å². The average Bonchev–Trinajstić information content (AvgIpc) is 3.42. The number of amides is 2. The van der Waals surface area contributed by atoms with Crippen LogP contribution in [0.5, 0.6) is 5.75 Å². The van der Waals surface area contributed by atoms with Gasteiger partial charge in [-0.3, -0.25) is 19.3 Å². The van der Waals surface area contributed by atoms with Crippen LogP contribution in [0.15, 0.2) is 27.9 Å². The third-order valence-electron chi connectivity index (χ3n) is 5.02. The fraction of sp³-hybridized carbons (Fsp3) is 0.389. The first-order valence-electron chi connectivity index (χ1n) is 9.81. The number of carbonyl (C=O) groups excluding carboxylic acids is 2. The molecule has 2 aromatic rings. The summed E-state index contributed by atoms with van der Waals surface area (Å²) in [5.74, 6) is -2.69. The highest BCUT2D eigenvalue weighted by molar-refractivity contribution is 8.01. The summed E-state index contributed by atoms with van der Waals surface area (Å²) in [4.78, 5) is 49.5. The first-order chi connectivity index (χ1) is 16.3. The first kappa shape index (κ1) is 24.0. The Hall–Kier alpha value is -3.11. The number of hydrogen-bond donors (Lipinski definition) is 4. The Morgan fingerprint density at radius 3 is 2.76 bits per heavy atom. The van der Waals surface area contributed by atoms with E-state index >= 15 is 0 Å². The van der Waals surface area contributed by atoms with E-state index in [4.69, 9.17) is 5.11 Å². The van der Waals surface area contributed by atoms with Crippen molar-refractivity contribution in [2.45, 2.75) is 36.0 Å². The Kier molecular flexibility index (Phi) is 7.08. The highest BCUT2D eigenvalue weighted by Gasteiger charge is 2.54. The van der Waals surface area contributed by atoms with E-state index in [0.717, 1.165) is 11.8 Å². The quantitative estimate of drug-likeness (QED) is 0.240. The van der Waals surface area contributed by atoms with Crippen LogP contribution in [0.3, 0.4) is 0 Å². The molecule has 4 heterocycles. The zero-order valence-corrected chi connectivity index (χ0v) is 19.7. The van der Waals surface area contributed by atoms with Crippen LogP contribution in [0.4, 0.5) is 0 Å². The standard InChI is InChI=1S/C18H18N6O7S3/c25-9-2-4-32-10(9)5-11(26)19-13-15(29)24-14(17(30)31)8(6-33-16(13)24)7-34-18-20-21-22-23(18)3-1-12(27)28/h2,4,13,16,25H,1,3,5-7H2,(H,19,26)(H,27,28)(H,30,31)/t13?,16-/m1/s1. The highest BCUT2D eigenvalue weighted by Crippen LogP contribution is 2.41. The number of thiophene rings is 1. The van der Waals surface area contributed by atoms with Gasteiger partial charge in [-0.15, -0.1) is 28.2 Å². The van der Waals surface area contributed by atoms with E-state index in [-0.39, 0.29) is 36.6 Å². The molecule has 13 nitrogen and oxygen atoms in total. The monoisotopic (exact) mass is 526 g/mol. The van der Waals surface area contributed by atoms with Crippen LogP contribution in [0, 0.1) is 0 Å². The number of nitrogens with one attached hydrogen (secondary N) is 1. The lowest BCUT2D eigenvalue weighted by Gasteiger charge is -2.49. The number of carboxylic acid groups (broad SMARTS) is 2. The van der Waals surface area contributed by atoms with Crippen molar-refractivity contribution in [3.63, 3.8) is 0 Å². The number of aryl methyl sites for hydroxylation is 1. The summed E-state index contributed by atoms with van der Waals surface area (Å²) in [6.07, 6.45) is -0.245. The molecule has 1 unspecified atom stereocenters. The van der Waals surface area contributed by atoms with Gasteiger partial charge in [0.1, 0.15) is 22.9 Å². The van der Waals surface area contributed by atoms with Crippen molar-refractivity contribution in [2.75, 3.05) is 11.5 Å². The number of carbonyl (C=O) groups is 4. The van der Waals surface area contributed by atoms with Gasteiger partial charge in [-0.1, -0.05) is 11.8 Å². The maximum absolute atomic E-state index is 12.8. The van der Waals surface area contributed by atoms with Crippen LogP contribution in [0.2, 0.25) is 0 Å². The van der Waals surface area contributed by atoms with Crippen LogP contribution in [-0.4, -0.2) is 87.1 Å². The summed E-state index contributed by atoms with van der Waals surface area (Å²) in [5, 5.41) is 43.5. The number of aliphatic carboxylic acids is 2. The molecule has 2 atom stereocenters. The van der Waals surface area contributed by atoms with Gasteiger partial charge in [-0.25, -0.2) is 9.48 Å². The maximum Gasteiger partial charge on any atom is 0.352 e. The third kappa shape index (κ3) is 4.88. The molecule has 4 rings (SSSR count). The minimum Gasteiger partial charge on any atom is -0.507 e. The number of aromatic hydroxyl groups is 1. The van der Waals surface area contributed by atoms with Gasteiger partial charge in [0.25, 0.3) is 5.91 Å². The van der Waals surface area contributed by atoms with E-state index in [2.05, 4.69) is 20.8 Å². The van der Waals surface area contributed by atoms with Crippen LogP contribution < -0.4 is 5.32 Å². The number of aromatic nitrogens is 4. The Balaban J connectivity index is 1.42. The largest absolute Gasteiger partial charge is 0.507 e. The van der Waals surface area contributed by atoms with Gasteiger partial charge in [0.05, 0.1) is 24.3 Å². The second-order valence-corrected chi connectivity index (χ2v) is 10.3. The number of hydrogen-bond acceptors (Lipinski definition) is 11. The lowest BCUT2D eigenvalue weighted by atomic mass is 10.0. The smallest absolute Gasteiger partial charge is 0.352 e. The van der Waals surface area contributed by atoms with Gasteiger partial charge >= 0.3 is 11.9 Å². The van der Waals surface area contributed by atoms with Crippen LogP contribution >= 0.6 is 34.9 Å². The maximum atomic E-state index is 12.8. The molecule has 4 N–H and O–H groups in total. The number of tetrazole rings is 1. The Bertz CT molecular complexity index is 1180. The van der Waals surface area contributed by atoms with Crippen LogP contribution in [0.1, 0.15) is 11.3 Å². The number of rotatable bonds is 10. The fourth-order valence-corrected chi connectivity index (χ4v) is 6.58. The van der Waals surface area contributed by atoms with Crippen molar-refractivity contribution in [1.29, 1.82) is 0 Å². The number of nitrogens with zero attached hydrogens (tertiary/aromatic N) is 5. The molecule has 0 saturated carbocycles. The van der Waals surface area contributed by atoms with Crippen LogP contribution in [0.25, 0.3) is 0 Å².